The molecule has 3 rings (SSSR count). The first-order chi connectivity index (χ1) is 8.86. The molecule has 0 aromatic heterocycles. The average Bonchev–Trinajstić information content (AvgIpc) is 2.47. The summed E-state index contributed by atoms with van der Waals surface area (Å²) in [7, 11) is 2.09. The number of hydrogen-bond acceptors (Lipinski definition) is 1. The molecule has 0 aliphatic rings. The van der Waals surface area contributed by atoms with Gasteiger partial charge in [-0.25, -0.2) is 0 Å². The van der Waals surface area contributed by atoms with Gasteiger partial charge in [-0.3, -0.25) is 0 Å². The van der Waals surface area contributed by atoms with Crippen molar-refractivity contribution >= 4 is 22.1 Å². The lowest BCUT2D eigenvalue weighted by atomic mass is 10.1. The monoisotopic (exact) mass is 232 g/mol. The van der Waals surface area contributed by atoms with Crippen LogP contribution < -0.4 is 4.90 Å². The van der Waals surface area contributed by atoms with Crippen LogP contribution in [0, 0.1) is 6.07 Å². The normalized spacial score (nSPS) is 10.5. The molecular formula is C17H14N. The van der Waals surface area contributed by atoms with Crippen molar-refractivity contribution in [1.29, 1.82) is 0 Å². The summed E-state index contributed by atoms with van der Waals surface area (Å²) in [5.74, 6) is 0. The van der Waals surface area contributed by atoms with Gasteiger partial charge in [-0.1, -0.05) is 48.5 Å². The van der Waals surface area contributed by atoms with Crippen LogP contribution in [0.1, 0.15) is 0 Å². The molecule has 18 heavy (non-hydrogen) atoms. The Morgan fingerprint density at radius 3 is 2.39 bits per heavy atom. The first-order valence-electron chi connectivity index (χ1n) is 6.04. The summed E-state index contributed by atoms with van der Waals surface area (Å²) in [6.45, 7) is 0. The Morgan fingerprint density at radius 1 is 0.833 bits per heavy atom. The largest absolute Gasteiger partial charge is 0.344 e. The number of fused-ring (bicyclic) bond motifs is 1. The van der Waals surface area contributed by atoms with Crippen molar-refractivity contribution in [1.82, 2.24) is 0 Å². The minimum Gasteiger partial charge on any atom is -0.344 e. The van der Waals surface area contributed by atoms with Crippen LogP contribution in [0.5, 0.6) is 0 Å². The Labute approximate surface area is 107 Å². The van der Waals surface area contributed by atoms with Crippen molar-refractivity contribution in [2.24, 2.45) is 0 Å². The van der Waals surface area contributed by atoms with Gasteiger partial charge in [0.1, 0.15) is 0 Å². The molecule has 1 radical (unpaired) electrons. The van der Waals surface area contributed by atoms with Crippen molar-refractivity contribution < 1.29 is 0 Å². The summed E-state index contributed by atoms with van der Waals surface area (Å²) >= 11 is 0. The van der Waals surface area contributed by atoms with Crippen LogP contribution in [0.25, 0.3) is 10.8 Å². The summed E-state index contributed by atoms with van der Waals surface area (Å²) in [6, 6.07) is 26.1. The molecule has 0 unspecified atom stereocenters. The van der Waals surface area contributed by atoms with Gasteiger partial charge >= 0.3 is 0 Å². The third-order valence-corrected chi connectivity index (χ3v) is 3.19. The zero-order chi connectivity index (χ0) is 12.4. The summed E-state index contributed by atoms with van der Waals surface area (Å²) in [5.41, 5.74) is 2.39. The highest BCUT2D eigenvalue weighted by atomic mass is 15.1. The summed E-state index contributed by atoms with van der Waals surface area (Å²) in [6.07, 6.45) is 0. The van der Waals surface area contributed by atoms with E-state index in [1.807, 2.05) is 18.2 Å². The molecule has 0 amide bonds. The van der Waals surface area contributed by atoms with E-state index in [0.717, 1.165) is 5.39 Å². The third-order valence-electron chi connectivity index (χ3n) is 3.19. The predicted octanol–water partition coefficient (Wildman–Crippen LogP) is 4.41. The van der Waals surface area contributed by atoms with Crippen LogP contribution in [-0.2, 0) is 0 Å². The van der Waals surface area contributed by atoms with Crippen molar-refractivity contribution in [3.63, 3.8) is 0 Å². The van der Waals surface area contributed by atoms with Crippen molar-refractivity contribution in [3.8, 4) is 0 Å². The zero-order valence-corrected chi connectivity index (χ0v) is 10.3. The molecule has 87 valence electrons. The van der Waals surface area contributed by atoms with Crippen molar-refractivity contribution in [2.75, 3.05) is 11.9 Å². The molecular weight excluding hydrogens is 218 g/mol. The minimum absolute atomic E-state index is 1.15. The molecule has 0 N–H and O–H groups in total. The van der Waals surface area contributed by atoms with Crippen molar-refractivity contribution in [2.45, 2.75) is 0 Å². The molecule has 1 nitrogen and oxygen atoms in total. The summed E-state index contributed by atoms with van der Waals surface area (Å²) in [5, 5.41) is 2.38. The number of para-hydroxylation sites is 1. The molecule has 0 bridgehead atoms. The Morgan fingerprint density at radius 2 is 1.56 bits per heavy atom. The van der Waals surface area contributed by atoms with Gasteiger partial charge in [0.2, 0.25) is 0 Å². The van der Waals surface area contributed by atoms with Gasteiger partial charge in [0.15, 0.2) is 0 Å². The molecule has 0 fully saturated rings. The van der Waals surface area contributed by atoms with Crippen LogP contribution in [0.3, 0.4) is 0 Å². The number of nitrogens with zero attached hydrogens (tertiary/aromatic N) is 1. The second-order valence-corrected chi connectivity index (χ2v) is 4.30. The summed E-state index contributed by atoms with van der Waals surface area (Å²) in [4.78, 5) is 2.20. The fourth-order valence-corrected chi connectivity index (χ4v) is 2.22. The van der Waals surface area contributed by atoms with E-state index in [9.17, 15) is 0 Å². The minimum atomic E-state index is 1.15. The topological polar surface area (TPSA) is 3.24 Å². The Bertz CT molecular complexity index is 653. The lowest BCUT2D eigenvalue weighted by Crippen LogP contribution is -2.09. The van der Waals surface area contributed by atoms with E-state index in [1.54, 1.807) is 0 Å². The molecule has 0 aliphatic carbocycles. The SMILES string of the molecule is CN(c1ccccc1)c1cc[c]c2ccccc12. The van der Waals surface area contributed by atoms with Gasteiger partial charge in [0.25, 0.3) is 0 Å². The van der Waals surface area contributed by atoms with Crippen LogP contribution in [-0.4, -0.2) is 7.05 Å². The molecule has 0 saturated carbocycles. The van der Waals surface area contributed by atoms with E-state index in [2.05, 4.69) is 66.5 Å². The molecule has 0 atom stereocenters. The smallest absolute Gasteiger partial charge is 0.0488 e. The Kier molecular flexibility index (Phi) is 2.73. The van der Waals surface area contributed by atoms with Crippen LogP contribution in [0.2, 0.25) is 0 Å². The molecule has 3 aromatic rings. The summed E-state index contributed by atoms with van der Waals surface area (Å²) < 4.78 is 0. The Balaban J connectivity index is 2.15. The zero-order valence-electron chi connectivity index (χ0n) is 10.3. The van der Waals surface area contributed by atoms with Gasteiger partial charge < -0.3 is 4.90 Å². The maximum absolute atomic E-state index is 3.27. The van der Waals surface area contributed by atoms with E-state index in [4.69, 9.17) is 0 Å². The molecule has 1 heteroatoms. The van der Waals surface area contributed by atoms with Gasteiger partial charge in [0.05, 0.1) is 0 Å². The molecule has 0 aliphatic heterocycles. The standard InChI is InChI=1S/C17H14N/c1-18(15-10-3-2-4-11-15)17-13-7-9-14-8-5-6-12-16(14)17/h2-8,10-13H,1H3. The van der Waals surface area contributed by atoms with Gasteiger partial charge in [0, 0.05) is 23.8 Å². The maximum Gasteiger partial charge on any atom is 0.0488 e. The van der Waals surface area contributed by atoms with Gasteiger partial charge in [-0.15, -0.1) is 0 Å². The number of rotatable bonds is 2. The first kappa shape index (κ1) is 10.8. The highest BCUT2D eigenvalue weighted by Crippen LogP contribution is 2.30. The van der Waals surface area contributed by atoms with E-state index in [-0.39, 0.29) is 0 Å². The fraction of sp³-hybridized carbons (Fsp3) is 0.0588. The second-order valence-electron chi connectivity index (χ2n) is 4.30. The molecule has 0 spiro atoms. The second kappa shape index (κ2) is 4.53. The van der Waals surface area contributed by atoms with Crippen molar-refractivity contribution in [3.05, 3.63) is 72.8 Å². The molecule has 3 aromatic carbocycles. The lowest BCUT2D eigenvalue weighted by Gasteiger charge is -2.21. The average molecular weight is 232 g/mol. The Hall–Kier alpha value is -2.28. The van der Waals surface area contributed by atoms with Crippen LogP contribution in [0.15, 0.2) is 66.7 Å². The van der Waals surface area contributed by atoms with Crippen LogP contribution in [0.4, 0.5) is 11.4 Å². The highest BCUT2D eigenvalue weighted by molar-refractivity contribution is 5.95. The van der Waals surface area contributed by atoms with E-state index >= 15 is 0 Å². The quantitative estimate of drug-likeness (QED) is 0.632. The maximum atomic E-state index is 3.27. The van der Waals surface area contributed by atoms with E-state index < -0.39 is 0 Å². The van der Waals surface area contributed by atoms with Crippen LogP contribution >= 0.6 is 0 Å². The number of anilines is 2. The first-order valence-corrected chi connectivity index (χ1v) is 6.04. The van der Waals surface area contributed by atoms with E-state index in [1.165, 1.54) is 16.8 Å². The fourth-order valence-electron chi connectivity index (χ4n) is 2.22. The molecule has 0 heterocycles. The number of benzene rings is 3. The number of hydrogen-bond donors (Lipinski definition) is 0. The van der Waals surface area contributed by atoms with E-state index in [0.29, 0.717) is 0 Å². The van der Waals surface area contributed by atoms with Gasteiger partial charge in [-0.05, 0) is 29.7 Å². The van der Waals surface area contributed by atoms with Gasteiger partial charge in [-0.2, -0.15) is 0 Å². The third kappa shape index (κ3) is 1.84. The lowest BCUT2D eigenvalue weighted by molar-refractivity contribution is 1.22. The molecule has 0 saturated heterocycles. The predicted molar refractivity (Wildman–Crippen MR) is 77.3 cm³/mol. The highest BCUT2D eigenvalue weighted by Gasteiger charge is 2.06.